The third kappa shape index (κ3) is 4.99. The zero-order valence-corrected chi connectivity index (χ0v) is 18.1. The maximum atomic E-state index is 12.4. The average Bonchev–Trinajstić information content (AvgIpc) is 3.45. The first-order chi connectivity index (χ1) is 15.1. The van der Waals surface area contributed by atoms with Crippen molar-refractivity contribution < 1.29 is 14.3 Å². The minimum atomic E-state index is -0.145. The molecule has 2 aromatic heterocycles. The largest absolute Gasteiger partial charge is 0.460 e. The van der Waals surface area contributed by atoms with Crippen LogP contribution in [0.15, 0.2) is 66.0 Å². The fourth-order valence-corrected chi connectivity index (χ4v) is 3.57. The Kier molecular flexibility index (Phi) is 6.40. The third-order valence-corrected chi connectivity index (χ3v) is 5.38. The number of thiophene rings is 1. The van der Waals surface area contributed by atoms with Gasteiger partial charge in [0.15, 0.2) is 5.82 Å². The third-order valence-electron chi connectivity index (χ3n) is 4.51. The minimum absolute atomic E-state index is 0.145. The lowest BCUT2D eigenvalue weighted by atomic mass is 10.1. The summed E-state index contributed by atoms with van der Waals surface area (Å²) >= 11 is 1.40. The molecule has 0 saturated carbocycles. The summed E-state index contributed by atoms with van der Waals surface area (Å²) in [4.78, 5) is 17.7. The second-order valence-electron chi connectivity index (χ2n) is 6.82. The van der Waals surface area contributed by atoms with Gasteiger partial charge in [-0.2, -0.15) is 4.98 Å². The van der Waals surface area contributed by atoms with Crippen LogP contribution in [0, 0.1) is 6.92 Å². The molecule has 0 aliphatic rings. The monoisotopic (exact) mass is 434 g/mol. The van der Waals surface area contributed by atoms with Crippen LogP contribution in [-0.2, 0) is 4.74 Å². The van der Waals surface area contributed by atoms with Crippen LogP contribution in [0.3, 0.4) is 0 Å². The van der Waals surface area contributed by atoms with Crippen molar-refractivity contribution >= 4 is 22.9 Å². The number of aryl methyl sites for hydroxylation is 1. The van der Waals surface area contributed by atoms with Gasteiger partial charge < -0.3 is 14.8 Å². The molecule has 0 fully saturated rings. The summed E-state index contributed by atoms with van der Waals surface area (Å²) in [7, 11) is 1.61. The molecule has 8 heteroatoms. The van der Waals surface area contributed by atoms with Crippen molar-refractivity contribution in [1.82, 2.24) is 14.8 Å². The number of nitrogens with one attached hydrogen (secondary N) is 1. The highest BCUT2D eigenvalue weighted by Crippen LogP contribution is 2.25. The van der Waals surface area contributed by atoms with Crippen molar-refractivity contribution in [3.63, 3.8) is 0 Å². The molecule has 158 valence electrons. The topological polar surface area (TPSA) is 78.3 Å². The quantitative estimate of drug-likeness (QED) is 0.411. The molecule has 0 aliphatic carbocycles. The summed E-state index contributed by atoms with van der Waals surface area (Å²) in [6, 6.07) is 19.4. The number of amides is 1. The van der Waals surface area contributed by atoms with Crippen LogP contribution in [0.1, 0.15) is 15.2 Å². The van der Waals surface area contributed by atoms with Gasteiger partial charge >= 0.3 is 6.01 Å². The van der Waals surface area contributed by atoms with Gasteiger partial charge in [0.05, 0.1) is 17.2 Å². The van der Waals surface area contributed by atoms with Crippen molar-refractivity contribution in [3.05, 3.63) is 76.5 Å². The van der Waals surface area contributed by atoms with Crippen molar-refractivity contribution in [2.45, 2.75) is 6.92 Å². The standard InChI is InChI=1S/C23H22N4O3S/c1-16-8-10-17(11-9-16)21-25-23(30-13-12-29-2)26-27(21)19-6-3-5-18(15-19)24-22(28)20-7-4-14-31-20/h3-11,14-15H,12-13H2,1-2H3,(H,24,28). The number of aromatic nitrogens is 3. The molecule has 2 heterocycles. The predicted octanol–water partition coefficient (Wildman–Crippen LogP) is 4.58. The molecule has 0 spiro atoms. The van der Waals surface area contributed by atoms with Crippen LogP contribution in [0.2, 0.25) is 0 Å². The Morgan fingerprint density at radius 3 is 2.68 bits per heavy atom. The summed E-state index contributed by atoms with van der Waals surface area (Å²) in [5.74, 6) is 0.502. The molecule has 1 N–H and O–H groups in total. The molecule has 2 aromatic carbocycles. The van der Waals surface area contributed by atoms with Gasteiger partial charge in [0.2, 0.25) is 0 Å². The van der Waals surface area contributed by atoms with E-state index in [1.165, 1.54) is 11.3 Å². The van der Waals surface area contributed by atoms with Crippen LogP contribution in [-0.4, -0.2) is 41.0 Å². The first-order valence-electron chi connectivity index (χ1n) is 9.75. The zero-order chi connectivity index (χ0) is 21.6. The number of ether oxygens (including phenoxy) is 2. The van der Waals surface area contributed by atoms with E-state index in [-0.39, 0.29) is 11.9 Å². The van der Waals surface area contributed by atoms with Gasteiger partial charge in [-0.05, 0) is 36.6 Å². The van der Waals surface area contributed by atoms with Crippen molar-refractivity contribution in [3.8, 4) is 23.1 Å². The summed E-state index contributed by atoms with van der Waals surface area (Å²) in [6.07, 6.45) is 0. The van der Waals surface area contributed by atoms with E-state index in [1.54, 1.807) is 17.9 Å². The lowest BCUT2D eigenvalue weighted by Gasteiger charge is -2.09. The number of methoxy groups -OCH3 is 1. The highest BCUT2D eigenvalue weighted by atomic mass is 32.1. The molecule has 1 amide bonds. The molecular formula is C23H22N4O3S. The van der Waals surface area contributed by atoms with Crippen molar-refractivity contribution in [2.75, 3.05) is 25.6 Å². The molecule has 0 radical (unpaired) electrons. The highest BCUT2D eigenvalue weighted by Gasteiger charge is 2.16. The van der Waals surface area contributed by atoms with Crippen LogP contribution in [0.5, 0.6) is 6.01 Å². The van der Waals surface area contributed by atoms with Crippen molar-refractivity contribution in [1.29, 1.82) is 0 Å². The van der Waals surface area contributed by atoms with Gasteiger partial charge in [0.1, 0.15) is 6.61 Å². The molecule has 0 atom stereocenters. The number of anilines is 1. The highest BCUT2D eigenvalue weighted by molar-refractivity contribution is 7.12. The fourth-order valence-electron chi connectivity index (χ4n) is 2.96. The molecular weight excluding hydrogens is 412 g/mol. The van der Waals surface area contributed by atoms with Crippen molar-refractivity contribution in [2.24, 2.45) is 0 Å². The fraction of sp³-hybridized carbons (Fsp3) is 0.174. The second kappa shape index (κ2) is 9.55. The number of rotatable bonds is 8. The summed E-state index contributed by atoms with van der Waals surface area (Å²) in [5, 5.41) is 9.35. The summed E-state index contributed by atoms with van der Waals surface area (Å²) < 4.78 is 12.4. The number of carbonyl (C=O) groups excluding carboxylic acids is 1. The number of carbonyl (C=O) groups is 1. The molecule has 31 heavy (non-hydrogen) atoms. The molecule has 4 rings (SSSR count). The van der Waals surface area contributed by atoms with Crippen LogP contribution < -0.4 is 10.1 Å². The second-order valence-corrected chi connectivity index (χ2v) is 7.77. The smallest absolute Gasteiger partial charge is 0.336 e. The van der Waals surface area contributed by atoms with E-state index < -0.39 is 0 Å². The first kappa shape index (κ1) is 20.8. The van der Waals surface area contributed by atoms with Gasteiger partial charge in [-0.25, -0.2) is 4.68 Å². The summed E-state index contributed by atoms with van der Waals surface area (Å²) in [5.41, 5.74) is 3.49. The Morgan fingerprint density at radius 1 is 1.10 bits per heavy atom. The Morgan fingerprint density at radius 2 is 1.94 bits per heavy atom. The van der Waals surface area contributed by atoms with Gasteiger partial charge in [-0.15, -0.1) is 16.4 Å². The Hall–Kier alpha value is -3.49. The number of nitrogens with zero attached hydrogens (tertiary/aromatic N) is 3. The molecule has 7 nitrogen and oxygen atoms in total. The zero-order valence-electron chi connectivity index (χ0n) is 17.2. The van der Waals surface area contributed by atoms with Gasteiger partial charge in [-0.3, -0.25) is 4.79 Å². The van der Waals surface area contributed by atoms with E-state index in [1.807, 2.05) is 66.9 Å². The number of hydrogen-bond acceptors (Lipinski definition) is 6. The summed E-state index contributed by atoms with van der Waals surface area (Å²) in [6.45, 7) is 2.83. The normalized spacial score (nSPS) is 10.8. The van der Waals surface area contributed by atoms with Crippen LogP contribution in [0.25, 0.3) is 17.1 Å². The van der Waals surface area contributed by atoms with Gasteiger partial charge in [0.25, 0.3) is 5.91 Å². The van der Waals surface area contributed by atoms with E-state index >= 15 is 0 Å². The lowest BCUT2D eigenvalue weighted by Crippen LogP contribution is -2.10. The van der Waals surface area contributed by atoms with E-state index in [4.69, 9.17) is 9.47 Å². The van der Waals surface area contributed by atoms with E-state index in [9.17, 15) is 4.79 Å². The van der Waals surface area contributed by atoms with Gasteiger partial charge in [0, 0.05) is 18.4 Å². The molecule has 0 saturated heterocycles. The van der Waals surface area contributed by atoms with E-state index in [0.717, 1.165) is 16.8 Å². The maximum Gasteiger partial charge on any atom is 0.336 e. The van der Waals surface area contributed by atoms with Gasteiger partial charge in [-0.1, -0.05) is 42.0 Å². The Labute approximate surface area is 184 Å². The van der Waals surface area contributed by atoms with Crippen LogP contribution in [0.4, 0.5) is 5.69 Å². The molecule has 0 bridgehead atoms. The Balaban J connectivity index is 1.67. The molecule has 4 aromatic rings. The van der Waals surface area contributed by atoms with E-state index in [0.29, 0.717) is 29.6 Å². The lowest BCUT2D eigenvalue weighted by molar-refractivity contribution is 0.103. The SMILES string of the molecule is COCCOc1nc(-c2ccc(C)cc2)n(-c2cccc(NC(=O)c3cccs3)c2)n1. The molecule has 0 aliphatic heterocycles. The van der Waals surface area contributed by atoms with Crippen LogP contribution >= 0.6 is 11.3 Å². The first-order valence-corrected chi connectivity index (χ1v) is 10.6. The number of benzene rings is 2. The Bertz CT molecular complexity index is 1150. The maximum absolute atomic E-state index is 12.4. The number of hydrogen-bond donors (Lipinski definition) is 1. The minimum Gasteiger partial charge on any atom is -0.460 e. The van der Waals surface area contributed by atoms with E-state index in [2.05, 4.69) is 15.4 Å². The average molecular weight is 435 g/mol. The predicted molar refractivity (Wildman–Crippen MR) is 121 cm³/mol. The molecule has 0 unspecified atom stereocenters.